The predicted octanol–water partition coefficient (Wildman–Crippen LogP) is 2.37. The molecule has 0 saturated carbocycles. The summed E-state index contributed by atoms with van der Waals surface area (Å²) >= 11 is 3.39. The normalized spacial score (nSPS) is 12.5. The van der Waals surface area contributed by atoms with Crippen molar-refractivity contribution in [3.8, 4) is 0 Å². The van der Waals surface area contributed by atoms with Crippen LogP contribution >= 0.6 is 15.9 Å². The lowest BCUT2D eigenvalue weighted by Gasteiger charge is -2.14. The second-order valence-electron chi connectivity index (χ2n) is 3.92. The number of aromatic nitrogens is 2. The highest BCUT2D eigenvalue weighted by Crippen LogP contribution is 2.07. The molecule has 0 bridgehead atoms. The molecule has 4 nitrogen and oxygen atoms in total. The third-order valence-electron chi connectivity index (χ3n) is 2.74. The van der Waals surface area contributed by atoms with Crippen molar-refractivity contribution in [2.45, 2.75) is 46.2 Å². The van der Waals surface area contributed by atoms with E-state index in [0.717, 1.165) is 23.9 Å². The SMILES string of the molecule is CCc1cc(C(=O)NC(CC)CBr)n(CC)n1. The molecule has 1 rings (SSSR count). The van der Waals surface area contributed by atoms with Crippen molar-refractivity contribution in [1.29, 1.82) is 0 Å². The van der Waals surface area contributed by atoms with E-state index in [1.807, 2.05) is 19.9 Å². The van der Waals surface area contributed by atoms with Gasteiger partial charge in [0.05, 0.1) is 5.69 Å². The van der Waals surface area contributed by atoms with E-state index in [2.05, 4.69) is 33.3 Å². The number of carbonyl (C=O) groups is 1. The van der Waals surface area contributed by atoms with Crippen molar-refractivity contribution in [3.05, 3.63) is 17.5 Å². The molecule has 1 aromatic heterocycles. The molecule has 0 radical (unpaired) electrons. The van der Waals surface area contributed by atoms with Crippen LogP contribution < -0.4 is 5.32 Å². The number of aryl methyl sites for hydroxylation is 2. The molecule has 1 atom stereocenters. The third-order valence-corrected chi connectivity index (χ3v) is 3.52. The van der Waals surface area contributed by atoms with E-state index in [-0.39, 0.29) is 11.9 Å². The number of hydrogen-bond acceptors (Lipinski definition) is 2. The van der Waals surface area contributed by atoms with E-state index < -0.39 is 0 Å². The summed E-state index contributed by atoms with van der Waals surface area (Å²) in [5.41, 5.74) is 1.62. The Bertz CT molecular complexity index is 372. The summed E-state index contributed by atoms with van der Waals surface area (Å²) in [7, 11) is 0. The van der Waals surface area contributed by atoms with Crippen LogP contribution in [0.1, 0.15) is 43.4 Å². The average Bonchev–Trinajstić information content (AvgIpc) is 2.78. The fourth-order valence-electron chi connectivity index (χ4n) is 1.58. The zero-order valence-electron chi connectivity index (χ0n) is 10.7. The van der Waals surface area contributed by atoms with E-state index in [9.17, 15) is 4.79 Å². The molecule has 0 aliphatic rings. The molecule has 1 N–H and O–H groups in total. The standard InChI is InChI=1S/C12H20BrN3O/c1-4-9-7-11(16(6-3)15-9)12(17)14-10(5-2)8-13/h7,10H,4-6,8H2,1-3H3,(H,14,17). The van der Waals surface area contributed by atoms with Gasteiger partial charge in [-0.3, -0.25) is 9.48 Å². The van der Waals surface area contributed by atoms with Crippen molar-refractivity contribution < 1.29 is 4.79 Å². The van der Waals surface area contributed by atoms with Crippen molar-refractivity contribution in [3.63, 3.8) is 0 Å². The van der Waals surface area contributed by atoms with Crippen molar-refractivity contribution in [2.75, 3.05) is 5.33 Å². The maximum absolute atomic E-state index is 12.1. The fraction of sp³-hybridized carbons (Fsp3) is 0.667. The Hall–Kier alpha value is -0.840. The lowest BCUT2D eigenvalue weighted by atomic mass is 10.2. The molecule has 1 amide bonds. The van der Waals surface area contributed by atoms with Crippen molar-refractivity contribution in [1.82, 2.24) is 15.1 Å². The topological polar surface area (TPSA) is 46.9 Å². The van der Waals surface area contributed by atoms with Gasteiger partial charge in [-0.25, -0.2) is 0 Å². The van der Waals surface area contributed by atoms with Gasteiger partial charge in [-0.05, 0) is 25.8 Å². The van der Waals surface area contributed by atoms with E-state index in [1.54, 1.807) is 4.68 Å². The van der Waals surface area contributed by atoms with Gasteiger partial charge in [0.1, 0.15) is 5.69 Å². The first-order chi connectivity index (χ1) is 8.15. The van der Waals surface area contributed by atoms with Crippen LogP contribution in [-0.4, -0.2) is 27.1 Å². The quantitative estimate of drug-likeness (QED) is 0.820. The number of rotatable bonds is 6. The molecule has 1 heterocycles. The highest BCUT2D eigenvalue weighted by molar-refractivity contribution is 9.09. The number of amides is 1. The third kappa shape index (κ3) is 3.56. The molecule has 17 heavy (non-hydrogen) atoms. The van der Waals surface area contributed by atoms with Crippen LogP contribution in [0.3, 0.4) is 0 Å². The zero-order chi connectivity index (χ0) is 12.8. The van der Waals surface area contributed by atoms with E-state index in [0.29, 0.717) is 12.2 Å². The van der Waals surface area contributed by atoms with Crippen LogP contribution in [0.5, 0.6) is 0 Å². The second kappa shape index (κ2) is 6.79. The number of nitrogens with zero attached hydrogens (tertiary/aromatic N) is 2. The first-order valence-electron chi connectivity index (χ1n) is 6.09. The molecule has 0 aliphatic carbocycles. The Balaban J connectivity index is 2.83. The van der Waals surface area contributed by atoms with Gasteiger partial charge >= 0.3 is 0 Å². The van der Waals surface area contributed by atoms with Gasteiger partial charge in [-0.15, -0.1) is 0 Å². The van der Waals surface area contributed by atoms with Gasteiger partial charge < -0.3 is 5.32 Å². The summed E-state index contributed by atoms with van der Waals surface area (Å²) in [6, 6.07) is 2.05. The Morgan fingerprint density at radius 1 is 1.53 bits per heavy atom. The summed E-state index contributed by atoms with van der Waals surface area (Å²) in [6.07, 6.45) is 1.76. The minimum Gasteiger partial charge on any atom is -0.347 e. The van der Waals surface area contributed by atoms with Crippen molar-refractivity contribution >= 4 is 21.8 Å². The summed E-state index contributed by atoms with van der Waals surface area (Å²) in [5, 5.41) is 8.14. The van der Waals surface area contributed by atoms with Gasteiger partial charge in [0.2, 0.25) is 0 Å². The predicted molar refractivity (Wildman–Crippen MR) is 72.6 cm³/mol. The van der Waals surface area contributed by atoms with Gasteiger partial charge in [0.25, 0.3) is 5.91 Å². The molecule has 5 heteroatoms. The minimum atomic E-state index is -0.0367. The molecule has 96 valence electrons. The van der Waals surface area contributed by atoms with Crippen LogP contribution in [-0.2, 0) is 13.0 Å². The van der Waals surface area contributed by atoms with Crippen LogP contribution in [0.4, 0.5) is 0 Å². The molecular formula is C12H20BrN3O. The van der Waals surface area contributed by atoms with E-state index >= 15 is 0 Å². The Morgan fingerprint density at radius 2 is 2.24 bits per heavy atom. The summed E-state index contributed by atoms with van der Waals surface area (Å²) in [6.45, 7) is 6.80. The molecule has 0 aromatic carbocycles. The van der Waals surface area contributed by atoms with Crippen molar-refractivity contribution in [2.24, 2.45) is 0 Å². The second-order valence-corrected chi connectivity index (χ2v) is 4.57. The molecule has 0 spiro atoms. The Labute approximate surface area is 111 Å². The Kier molecular flexibility index (Phi) is 5.68. The van der Waals surface area contributed by atoms with Crippen LogP contribution in [0, 0.1) is 0 Å². The van der Waals surface area contributed by atoms with E-state index in [4.69, 9.17) is 0 Å². The maximum Gasteiger partial charge on any atom is 0.269 e. The fourth-order valence-corrected chi connectivity index (χ4v) is 2.20. The summed E-state index contributed by atoms with van der Waals surface area (Å²) in [5.74, 6) is -0.0367. The van der Waals surface area contributed by atoms with Crippen LogP contribution in [0.2, 0.25) is 0 Å². The molecule has 0 saturated heterocycles. The molecule has 1 unspecified atom stereocenters. The monoisotopic (exact) mass is 301 g/mol. The largest absolute Gasteiger partial charge is 0.347 e. The lowest BCUT2D eigenvalue weighted by molar-refractivity contribution is 0.0929. The van der Waals surface area contributed by atoms with Gasteiger partial charge in [-0.1, -0.05) is 29.8 Å². The zero-order valence-corrected chi connectivity index (χ0v) is 12.2. The van der Waals surface area contributed by atoms with Gasteiger partial charge in [0.15, 0.2) is 0 Å². The highest BCUT2D eigenvalue weighted by Gasteiger charge is 2.16. The molecule has 1 aromatic rings. The van der Waals surface area contributed by atoms with Gasteiger partial charge in [-0.2, -0.15) is 5.10 Å². The first-order valence-corrected chi connectivity index (χ1v) is 7.21. The Morgan fingerprint density at radius 3 is 2.71 bits per heavy atom. The minimum absolute atomic E-state index is 0.0367. The highest BCUT2D eigenvalue weighted by atomic mass is 79.9. The van der Waals surface area contributed by atoms with E-state index in [1.165, 1.54) is 0 Å². The number of carbonyl (C=O) groups excluding carboxylic acids is 1. The van der Waals surface area contributed by atoms with Crippen LogP contribution in [0.15, 0.2) is 6.07 Å². The first kappa shape index (κ1) is 14.2. The number of nitrogens with one attached hydrogen (secondary N) is 1. The van der Waals surface area contributed by atoms with Crippen LogP contribution in [0.25, 0.3) is 0 Å². The molecule has 0 aliphatic heterocycles. The summed E-state index contributed by atoms with van der Waals surface area (Å²) < 4.78 is 1.76. The number of alkyl halides is 1. The smallest absolute Gasteiger partial charge is 0.269 e. The molecular weight excluding hydrogens is 282 g/mol. The summed E-state index contributed by atoms with van der Waals surface area (Å²) in [4.78, 5) is 12.1. The maximum atomic E-state index is 12.1. The number of halogens is 1. The average molecular weight is 302 g/mol. The molecule has 0 fully saturated rings. The lowest BCUT2D eigenvalue weighted by Crippen LogP contribution is -2.36. The van der Waals surface area contributed by atoms with Gasteiger partial charge in [0, 0.05) is 17.9 Å². The number of hydrogen-bond donors (Lipinski definition) is 1.